The number of nitrogens with zero attached hydrogens (tertiary/aromatic N) is 2. The zero-order chi connectivity index (χ0) is 28.9. The number of aromatic hydroxyl groups is 1. The van der Waals surface area contributed by atoms with E-state index in [0.29, 0.717) is 56.9 Å². The number of hydrogen-bond donors (Lipinski definition) is 3. The summed E-state index contributed by atoms with van der Waals surface area (Å²) in [5, 5.41) is 14.2. The lowest BCUT2D eigenvalue weighted by atomic mass is 10.1. The molecule has 0 saturated heterocycles. The maximum Gasteiger partial charge on any atom is 0.195 e. The van der Waals surface area contributed by atoms with Crippen molar-refractivity contribution >= 4 is 33.1 Å². The molecule has 1 atom stereocenters. The van der Waals surface area contributed by atoms with Crippen molar-refractivity contribution < 1.29 is 22.8 Å². The molecule has 0 saturated carbocycles. The van der Waals surface area contributed by atoms with Crippen LogP contribution in [0.4, 0.5) is 19.6 Å². The standard InChI is InChI=1S/C30H26F2N4O3S2/c1-18-13-22(33-16-21-9-6-10-25(39-2)28(21)37)17-34-29(18)41(38)36-30-35-27(20-11-12-23(31)24(32)15-20)26(40-30)14-19-7-4-3-5-8-19/h3-13,15,17,33,37H,14,16H2,1-2H3,(H,35,36). The molecule has 5 aromatic rings. The van der Waals surface area contributed by atoms with Crippen LogP contribution in [0.1, 0.15) is 21.6 Å². The lowest BCUT2D eigenvalue weighted by Gasteiger charge is -2.12. The van der Waals surface area contributed by atoms with E-state index in [0.717, 1.165) is 22.6 Å². The average Bonchev–Trinajstić information content (AvgIpc) is 3.36. The number of thiazole rings is 1. The summed E-state index contributed by atoms with van der Waals surface area (Å²) >= 11 is 1.30. The second-order valence-corrected chi connectivity index (χ2v) is 11.3. The number of methoxy groups -OCH3 is 1. The highest BCUT2D eigenvalue weighted by Crippen LogP contribution is 2.35. The highest BCUT2D eigenvalue weighted by molar-refractivity contribution is 7.86. The maximum atomic E-state index is 14.0. The molecule has 41 heavy (non-hydrogen) atoms. The molecule has 0 amide bonds. The molecule has 0 radical (unpaired) electrons. The van der Waals surface area contributed by atoms with Crippen molar-refractivity contribution in [1.82, 2.24) is 9.97 Å². The molecule has 0 aliphatic carbocycles. The first-order valence-electron chi connectivity index (χ1n) is 12.5. The Morgan fingerprint density at radius 2 is 1.83 bits per heavy atom. The van der Waals surface area contributed by atoms with E-state index in [9.17, 15) is 18.1 Å². The Balaban J connectivity index is 1.35. The Morgan fingerprint density at radius 3 is 2.56 bits per heavy atom. The van der Waals surface area contributed by atoms with E-state index < -0.39 is 22.6 Å². The fourth-order valence-electron chi connectivity index (χ4n) is 4.22. The van der Waals surface area contributed by atoms with Crippen molar-refractivity contribution in [3.8, 4) is 22.8 Å². The van der Waals surface area contributed by atoms with Gasteiger partial charge in [0.25, 0.3) is 0 Å². The normalized spacial score (nSPS) is 11.7. The molecule has 3 N–H and O–H groups in total. The number of para-hydroxylation sites is 1. The van der Waals surface area contributed by atoms with Gasteiger partial charge in [-0.25, -0.2) is 23.0 Å². The van der Waals surface area contributed by atoms with Gasteiger partial charge in [-0.05, 0) is 48.4 Å². The van der Waals surface area contributed by atoms with E-state index in [1.165, 1.54) is 24.5 Å². The first kappa shape index (κ1) is 28.2. The topological polar surface area (TPSA) is 96.4 Å². The van der Waals surface area contributed by atoms with Crippen molar-refractivity contribution in [3.63, 3.8) is 0 Å². The molecule has 3 aromatic carbocycles. The highest BCUT2D eigenvalue weighted by atomic mass is 32.2. The number of rotatable bonds is 10. The number of hydrogen-bond acceptors (Lipinski definition) is 7. The van der Waals surface area contributed by atoms with E-state index >= 15 is 0 Å². The van der Waals surface area contributed by atoms with E-state index in [4.69, 9.17) is 4.74 Å². The summed E-state index contributed by atoms with van der Waals surface area (Å²) in [5.41, 5.74) is 3.96. The van der Waals surface area contributed by atoms with Crippen molar-refractivity contribution in [2.24, 2.45) is 0 Å². The quantitative estimate of drug-likeness (QED) is 0.164. The van der Waals surface area contributed by atoms with E-state index in [1.54, 1.807) is 31.3 Å². The zero-order valence-electron chi connectivity index (χ0n) is 22.2. The molecule has 0 spiro atoms. The van der Waals surface area contributed by atoms with Gasteiger partial charge in [-0.15, -0.1) is 11.3 Å². The van der Waals surface area contributed by atoms with Crippen molar-refractivity contribution in [2.45, 2.75) is 24.9 Å². The number of phenolic OH excluding ortho intramolecular Hbond substituents is 1. The third kappa shape index (κ3) is 6.53. The van der Waals surface area contributed by atoms with E-state index in [1.807, 2.05) is 36.4 Å². The summed E-state index contributed by atoms with van der Waals surface area (Å²) in [4.78, 5) is 9.80. The van der Waals surface area contributed by atoms with Gasteiger partial charge in [0.15, 0.2) is 44.3 Å². The minimum atomic E-state index is -1.74. The lowest BCUT2D eigenvalue weighted by Crippen LogP contribution is -2.09. The molecule has 210 valence electrons. The van der Waals surface area contributed by atoms with Crippen LogP contribution >= 0.6 is 11.3 Å². The Hall–Kier alpha value is -4.35. The van der Waals surface area contributed by atoms with Crippen LogP contribution in [-0.2, 0) is 24.0 Å². The Labute approximate surface area is 242 Å². The van der Waals surface area contributed by atoms with Crippen LogP contribution in [0.15, 0.2) is 84.0 Å². The first-order valence-corrected chi connectivity index (χ1v) is 14.5. The molecule has 2 aromatic heterocycles. The Bertz CT molecular complexity index is 1710. The number of pyridine rings is 1. The van der Waals surface area contributed by atoms with Gasteiger partial charge >= 0.3 is 0 Å². The molecular weight excluding hydrogens is 566 g/mol. The summed E-state index contributed by atoms with van der Waals surface area (Å²) in [6.45, 7) is 2.13. The van der Waals surface area contributed by atoms with Gasteiger partial charge in [0.2, 0.25) is 0 Å². The number of nitrogens with one attached hydrogen (secondary N) is 2. The highest BCUT2D eigenvalue weighted by Gasteiger charge is 2.19. The third-order valence-corrected chi connectivity index (χ3v) is 8.53. The molecule has 11 heteroatoms. The molecule has 2 heterocycles. The number of aryl methyl sites for hydroxylation is 1. The lowest BCUT2D eigenvalue weighted by molar-refractivity contribution is 0.371. The predicted molar refractivity (Wildman–Crippen MR) is 158 cm³/mol. The molecule has 1 unspecified atom stereocenters. The van der Waals surface area contributed by atoms with Crippen molar-refractivity contribution in [2.75, 3.05) is 17.1 Å². The van der Waals surface area contributed by atoms with Crippen LogP contribution < -0.4 is 14.8 Å². The molecule has 7 nitrogen and oxygen atoms in total. The predicted octanol–water partition coefficient (Wildman–Crippen LogP) is 6.84. The van der Waals surface area contributed by atoms with E-state index in [-0.39, 0.29) is 5.75 Å². The van der Waals surface area contributed by atoms with Crippen LogP contribution in [0, 0.1) is 18.6 Å². The molecule has 0 bridgehead atoms. The summed E-state index contributed by atoms with van der Waals surface area (Å²) in [7, 11) is -0.248. The van der Waals surface area contributed by atoms with Crippen LogP contribution in [0.5, 0.6) is 11.5 Å². The first-order chi connectivity index (χ1) is 19.8. The van der Waals surface area contributed by atoms with Gasteiger partial charge < -0.3 is 15.2 Å². The van der Waals surface area contributed by atoms with Crippen LogP contribution in [0.3, 0.4) is 0 Å². The largest absolute Gasteiger partial charge is 0.504 e. The number of ether oxygens (including phenoxy) is 1. The fourth-order valence-corrected chi connectivity index (χ4v) is 6.28. The second-order valence-electron chi connectivity index (χ2n) is 9.12. The SMILES string of the molecule is COc1cccc(CNc2cnc(S(=O)Nc3nc(-c4ccc(F)c(F)c4)c(Cc4ccccc4)s3)c(C)c2)c1O. The minimum Gasteiger partial charge on any atom is -0.504 e. The summed E-state index contributed by atoms with van der Waals surface area (Å²) < 4.78 is 49.0. The summed E-state index contributed by atoms with van der Waals surface area (Å²) in [6, 6.07) is 20.4. The monoisotopic (exact) mass is 592 g/mol. The molecule has 0 aliphatic heterocycles. The minimum absolute atomic E-state index is 0.0620. The average molecular weight is 593 g/mol. The number of phenols is 1. The Morgan fingerprint density at radius 1 is 1.02 bits per heavy atom. The smallest absolute Gasteiger partial charge is 0.195 e. The molecular formula is C30H26F2N4O3S2. The molecule has 5 rings (SSSR count). The zero-order valence-corrected chi connectivity index (χ0v) is 23.8. The number of aromatic nitrogens is 2. The van der Waals surface area contributed by atoms with Gasteiger partial charge in [-0.3, -0.25) is 4.72 Å². The fraction of sp³-hybridized carbons (Fsp3) is 0.133. The summed E-state index contributed by atoms with van der Waals surface area (Å²) in [5.74, 6) is -1.45. The Kier molecular flexibility index (Phi) is 8.55. The van der Waals surface area contributed by atoms with Gasteiger partial charge in [-0.1, -0.05) is 42.5 Å². The second kappa shape index (κ2) is 12.4. The third-order valence-electron chi connectivity index (χ3n) is 6.27. The van der Waals surface area contributed by atoms with Gasteiger partial charge in [0, 0.05) is 29.0 Å². The molecule has 0 aliphatic rings. The van der Waals surface area contributed by atoms with Crippen LogP contribution in [-0.4, -0.2) is 26.4 Å². The van der Waals surface area contributed by atoms with Gasteiger partial charge in [0.1, 0.15) is 0 Å². The van der Waals surface area contributed by atoms with Crippen LogP contribution in [0.2, 0.25) is 0 Å². The summed E-state index contributed by atoms with van der Waals surface area (Å²) in [6.07, 6.45) is 2.08. The van der Waals surface area contributed by atoms with Gasteiger partial charge in [0.05, 0.1) is 24.7 Å². The molecule has 0 fully saturated rings. The maximum absolute atomic E-state index is 14.0. The van der Waals surface area contributed by atoms with Crippen molar-refractivity contribution in [3.05, 3.63) is 112 Å². The number of halogens is 2. The van der Waals surface area contributed by atoms with E-state index in [2.05, 4.69) is 20.0 Å². The van der Waals surface area contributed by atoms with Crippen molar-refractivity contribution in [1.29, 1.82) is 0 Å². The van der Waals surface area contributed by atoms with Gasteiger partial charge in [-0.2, -0.15) is 0 Å². The number of benzene rings is 3. The van der Waals surface area contributed by atoms with Crippen LogP contribution in [0.25, 0.3) is 11.3 Å². The number of anilines is 2.